The lowest BCUT2D eigenvalue weighted by atomic mass is 10.2. The van der Waals surface area contributed by atoms with Crippen molar-refractivity contribution in [2.45, 2.75) is 0 Å². The van der Waals surface area contributed by atoms with Crippen LogP contribution in [0.3, 0.4) is 0 Å². The molecular weight excluding hydrogens is 223 g/mol. The van der Waals surface area contributed by atoms with E-state index in [9.17, 15) is 9.50 Å². The van der Waals surface area contributed by atoms with Crippen molar-refractivity contribution in [3.8, 4) is 17.6 Å². The van der Waals surface area contributed by atoms with Gasteiger partial charge >= 0.3 is 0 Å². The molecule has 12 heavy (non-hydrogen) atoms. The molecule has 0 aliphatic rings. The molecule has 0 saturated carbocycles. The molecule has 1 aromatic rings. The van der Waals surface area contributed by atoms with Crippen molar-refractivity contribution in [3.63, 3.8) is 0 Å². The highest BCUT2D eigenvalue weighted by atomic mass is 79.9. The van der Waals surface area contributed by atoms with E-state index in [1.54, 1.807) is 0 Å². The third-order valence-electron chi connectivity index (χ3n) is 1.25. The Morgan fingerprint density at radius 1 is 1.50 bits per heavy atom. The maximum atomic E-state index is 12.6. The third kappa shape index (κ3) is 2.24. The molecule has 1 aromatic carbocycles. The average Bonchev–Trinajstić information content (AvgIpc) is 2.07. The van der Waals surface area contributed by atoms with Crippen molar-refractivity contribution in [2.75, 3.05) is 5.33 Å². The Balaban J connectivity index is 3.05. The number of benzene rings is 1. The number of hydrogen-bond acceptors (Lipinski definition) is 1. The van der Waals surface area contributed by atoms with Gasteiger partial charge in [0.2, 0.25) is 0 Å². The third-order valence-corrected chi connectivity index (χ3v) is 1.53. The van der Waals surface area contributed by atoms with Gasteiger partial charge in [0.1, 0.15) is 11.6 Å². The molecule has 3 heteroatoms. The zero-order valence-electron chi connectivity index (χ0n) is 6.14. The van der Waals surface area contributed by atoms with Crippen LogP contribution < -0.4 is 0 Å². The summed E-state index contributed by atoms with van der Waals surface area (Å²) in [7, 11) is 0. The van der Waals surface area contributed by atoms with Crippen molar-refractivity contribution in [1.82, 2.24) is 0 Å². The summed E-state index contributed by atoms with van der Waals surface area (Å²) >= 11 is 3.10. The maximum Gasteiger partial charge on any atom is 0.131 e. The number of aromatic hydroxyl groups is 1. The fourth-order valence-electron chi connectivity index (χ4n) is 0.737. The van der Waals surface area contributed by atoms with Crippen LogP contribution in [0.5, 0.6) is 5.75 Å². The Morgan fingerprint density at radius 2 is 2.25 bits per heavy atom. The maximum absolute atomic E-state index is 12.6. The first-order valence-electron chi connectivity index (χ1n) is 3.27. The molecular formula is C9H6BrFO. The standard InChI is InChI=1S/C9H6BrFO/c10-5-1-2-7-6-8(11)3-4-9(7)12/h3-4,6,12H,5H2. The molecule has 0 unspecified atom stereocenters. The molecule has 0 aromatic heterocycles. The lowest BCUT2D eigenvalue weighted by Crippen LogP contribution is -1.79. The van der Waals surface area contributed by atoms with Gasteiger partial charge in [-0.25, -0.2) is 4.39 Å². The molecule has 0 saturated heterocycles. The van der Waals surface area contributed by atoms with E-state index in [2.05, 4.69) is 27.8 Å². The van der Waals surface area contributed by atoms with Crippen LogP contribution in [0, 0.1) is 17.7 Å². The fourth-order valence-corrected chi connectivity index (χ4v) is 0.877. The molecule has 0 radical (unpaired) electrons. The summed E-state index contributed by atoms with van der Waals surface area (Å²) in [5, 5.41) is 9.68. The SMILES string of the molecule is Oc1ccc(F)cc1C#CCBr. The molecule has 0 heterocycles. The molecule has 0 aliphatic heterocycles. The highest BCUT2D eigenvalue weighted by Gasteiger charge is 1.98. The second-order valence-corrected chi connectivity index (χ2v) is 2.66. The summed E-state index contributed by atoms with van der Waals surface area (Å²) in [5.74, 6) is 4.90. The first-order chi connectivity index (χ1) is 5.74. The molecule has 0 amide bonds. The van der Waals surface area contributed by atoms with E-state index < -0.39 is 5.82 Å². The highest BCUT2D eigenvalue weighted by molar-refractivity contribution is 9.09. The monoisotopic (exact) mass is 228 g/mol. The quantitative estimate of drug-likeness (QED) is 0.534. The lowest BCUT2D eigenvalue weighted by molar-refractivity contribution is 0.471. The van der Waals surface area contributed by atoms with Crippen molar-refractivity contribution < 1.29 is 9.50 Å². The summed E-state index contributed by atoms with van der Waals surface area (Å²) in [6, 6.07) is 3.67. The first kappa shape index (κ1) is 9.08. The molecule has 1 nitrogen and oxygen atoms in total. The molecule has 0 atom stereocenters. The van der Waals surface area contributed by atoms with Gasteiger partial charge in [-0.15, -0.1) is 0 Å². The number of alkyl halides is 1. The zero-order chi connectivity index (χ0) is 8.97. The largest absolute Gasteiger partial charge is 0.507 e. The minimum atomic E-state index is -0.397. The van der Waals surface area contributed by atoms with Gasteiger partial charge in [0.05, 0.1) is 10.9 Å². The Labute approximate surface area is 78.4 Å². The van der Waals surface area contributed by atoms with Crippen LogP contribution in [-0.4, -0.2) is 10.4 Å². The van der Waals surface area contributed by atoms with Crippen LogP contribution >= 0.6 is 15.9 Å². The van der Waals surface area contributed by atoms with Gasteiger partial charge in [-0.05, 0) is 18.2 Å². The van der Waals surface area contributed by atoms with Crippen LogP contribution in [0.2, 0.25) is 0 Å². The van der Waals surface area contributed by atoms with E-state index in [1.807, 2.05) is 0 Å². The minimum absolute atomic E-state index is 0.00449. The van der Waals surface area contributed by atoms with E-state index in [0.717, 1.165) is 0 Å². The number of hydrogen-bond donors (Lipinski definition) is 1. The molecule has 0 spiro atoms. The van der Waals surface area contributed by atoms with Crippen molar-refractivity contribution >= 4 is 15.9 Å². The van der Waals surface area contributed by atoms with Gasteiger partial charge in [-0.3, -0.25) is 0 Å². The molecule has 0 aliphatic carbocycles. The lowest BCUT2D eigenvalue weighted by Gasteiger charge is -1.94. The van der Waals surface area contributed by atoms with Crippen LogP contribution in [0.1, 0.15) is 5.56 Å². The second-order valence-electron chi connectivity index (χ2n) is 2.10. The van der Waals surface area contributed by atoms with Crippen molar-refractivity contribution in [2.24, 2.45) is 0 Å². The average molecular weight is 229 g/mol. The van der Waals surface area contributed by atoms with E-state index in [0.29, 0.717) is 10.9 Å². The van der Waals surface area contributed by atoms with Gasteiger partial charge in [0.15, 0.2) is 0 Å². The second kappa shape index (κ2) is 4.13. The Bertz CT molecular complexity index is 338. The molecule has 0 bridgehead atoms. The minimum Gasteiger partial charge on any atom is -0.507 e. The van der Waals surface area contributed by atoms with Gasteiger partial charge in [0, 0.05) is 0 Å². The molecule has 1 N–H and O–H groups in total. The number of rotatable bonds is 0. The van der Waals surface area contributed by atoms with Crippen LogP contribution in [0.15, 0.2) is 18.2 Å². The highest BCUT2D eigenvalue weighted by Crippen LogP contribution is 2.16. The first-order valence-corrected chi connectivity index (χ1v) is 4.39. The number of halogens is 2. The molecule has 62 valence electrons. The normalized spacial score (nSPS) is 8.83. The smallest absolute Gasteiger partial charge is 0.131 e. The zero-order valence-corrected chi connectivity index (χ0v) is 7.73. The van der Waals surface area contributed by atoms with Crippen LogP contribution in [-0.2, 0) is 0 Å². The van der Waals surface area contributed by atoms with Crippen LogP contribution in [0.25, 0.3) is 0 Å². The fraction of sp³-hybridized carbons (Fsp3) is 0.111. The van der Waals surface area contributed by atoms with E-state index >= 15 is 0 Å². The summed E-state index contributed by atoms with van der Waals surface area (Å²) < 4.78 is 12.6. The topological polar surface area (TPSA) is 20.2 Å². The van der Waals surface area contributed by atoms with Gasteiger partial charge in [-0.2, -0.15) is 0 Å². The van der Waals surface area contributed by atoms with E-state index in [1.165, 1.54) is 18.2 Å². The number of phenols is 1. The van der Waals surface area contributed by atoms with Crippen LogP contribution in [0.4, 0.5) is 4.39 Å². The Kier molecular flexibility index (Phi) is 3.12. The summed E-state index contributed by atoms with van der Waals surface area (Å²) in [6.07, 6.45) is 0. The Hall–Kier alpha value is -1.01. The van der Waals surface area contributed by atoms with Gasteiger partial charge < -0.3 is 5.11 Å². The van der Waals surface area contributed by atoms with Crippen molar-refractivity contribution in [3.05, 3.63) is 29.6 Å². The van der Waals surface area contributed by atoms with Gasteiger partial charge in [-0.1, -0.05) is 27.8 Å². The van der Waals surface area contributed by atoms with Gasteiger partial charge in [0.25, 0.3) is 0 Å². The summed E-state index contributed by atoms with van der Waals surface area (Å²) in [5.41, 5.74) is 0.314. The van der Waals surface area contributed by atoms with Crippen molar-refractivity contribution in [1.29, 1.82) is 0 Å². The predicted octanol–water partition coefficient (Wildman–Crippen LogP) is 2.28. The summed E-state index contributed by atoms with van der Waals surface area (Å²) in [4.78, 5) is 0. The number of phenolic OH excluding ortho intramolecular Hbond substituents is 1. The predicted molar refractivity (Wildman–Crippen MR) is 48.7 cm³/mol. The summed E-state index contributed by atoms with van der Waals surface area (Å²) in [6.45, 7) is 0. The van der Waals surface area contributed by atoms with E-state index in [4.69, 9.17) is 0 Å². The Morgan fingerprint density at radius 3 is 2.92 bits per heavy atom. The van der Waals surface area contributed by atoms with E-state index in [-0.39, 0.29) is 5.75 Å². The molecule has 0 fully saturated rings. The molecule has 1 rings (SSSR count).